The molecule has 134 valence electrons. The summed E-state index contributed by atoms with van der Waals surface area (Å²) >= 11 is 3.84. The van der Waals surface area contributed by atoms with E-state index in [9.17, 15) is 4.79 Å². The van der Waals surface area contributed by atoms with Crippen LogP contribution >= 0.6 is 33.9 Å². The summed E-state index contributed by atoms with van der Waals surface area (Å²) in [4.78, 5) is 16.2. The van der Waals surface area contributed by atoms with Gasteiger partial charge in [-0.25, -0.2) is 10.4 Å². The minimum absolute atomic E-state index is 0.169. The molecule has 1 N–H and O–H groups in total. The number of aromatic nitrogens is 2. The number of nitrogens with one attached hydrogen (secondary N) is 1. The van der Waals surface area contributed by atoms with Gasteiger partial charge in [0.1, 0.15) is 0 Å². The normalized spacial score (nSPS) is 11.2. The van der Waals surface area contributed by atoms with Gasteiger partial charge < -0.3 is 4.57 Å². The number of hydrazone groups is 1. The van der Waals surface area contributed by atoms with Crippen molar-refractivity contribution in [2.24, 2.45) is 5.10 Å². The van der Waals surface area contributed by atoms with E-state index < -0.39 is 0 Å². The van der Waals surface area contributed by atoms with Gasteiger partial charge in [0.15, 0.2) is 0 Å². The Balaban J connectivity index is 1.70. The van der Waals surface area contributed by atoms with Crippen molar-refractivity contribution in [1.82, 2.24) is 15.0 Å². The molecule has 0 spiro atoms. The molecule has 2 aromatic heterocycles. The highest BCUT2D eigenvalue weighted by Gasteiger charge is 2.10. The SMILES string of the molecule is Cc1nc(CC(=O)NN=Cc2cc(C)n(-c3ccc(I)cc3)c2C)cs1. The quantitative estimate of drug-likeness (QED) is 0.340. The fourth-order valence-corrected chi connectivity index (χ4v) is 3.75. The van der Waals surface area contributed by atoms with Crippen molar-refractivity contribution in [2.75, 3.05) is 0 Å². The van der Waals surface area contributed by atoms with E-state index >= 15 is 0 Å². The number of amides is 1. The number of hydrogen-bond acceptors (Lipinski definition) is 4. The monoisotopic (exact) mass is 478 g/mol. The summed E-state index contributed by atoms with van der Waals surface area (Å²) < 4.78 is 3.38. The van der Waals surface area contributed by atoms with Crippen LogP contribution in [0.25, 0.3) is 5.69 Å². The lowest BCUT2D eigenvalue weighted by Gasteiger charge is -2.09. The molecular formula is C19H19IN4OS. The van der Waals surface area contributed by atoms with E-state index in [-0.39, 0.29) is 12.3 Å². The zero-order valence-electron chi connectivity index (χ0n) is 14.8. The molecule has 7 heteroatoms. The highest BCUT2D eigenvalue weighted by Crippen LogP contribution is 2.20. The van der Waals surface area contributed by atoms with Gasteiger partial charge in [0.2, 0.25) is 5.91 Å². The summed E-state index contributed by atoms with van der Waals surface area (Å²) in [5, 5.41) is 6.96. The number of carbonyl (C=O) groups is 1. The molecule has 0 atom stereocenters. The van der Waals surface area contributed by atoms with Gasteiger partial charge in [-0.1, -0.05) is 0 Å². The Hall–Kier alpha value is -2.00. The Bertz CT molecular complexity index is 957. The van der Waals surface area contributed by atoms with Crippen LogP contribution in [0.1, 0.15) is 27.7 Å². The van der Waals surface area contributed by atoms with E-state index in [1.165, 1.54) is 14.9 Å². The molecule has 0 bridgehead atoms. The number of carbonyl (C=O) groups excluding carboxylic acids is 1. The second kappa shape index (κ2) is 8.13. The summed E-state index contributed by atoms with van der Waals surface area (Å²) in [6.07, 6.45) is 1.93. The number of nitrogens with zero attached hydrogens (tertiary/aromatic N) is 3. The van der Waals surface area contributed by atoms with Gasteiger partial charge in [-0.2, -0.15) is 5.10 Å². The molecule has 0 aliphatic heterocycles. The summed E-state index contributed by atoms with van der Waals surface area (Å²) in [6.45, 7) is 6.03. The molecule has 2 heterocycles. The molecule has 0 unspecified atom stereocenters. The molecule has 26 heavy (non-hydrogen) atoms. The van der Waals surface area contributed by atoms with E-state index in [0.29, 0.717) is 0 Å². The van der Waals surface area contributed by atoms with Crippen LogP contribution in [0, 0.1) is 24.3 Å². The van der Waals surface area contributed by atoms with E-state index in [4.69, 9.17) is 0 Å². The van der Waals surface area contributed by atoms with Crippen molar-refractivity contribution >= 4 is 46.0 Å². The van der Waals surface area contributed by atoms with Crippen LogP contribution in [0.5, 0.6) is 0 Å². The standard InChI is InChI=1S/C19H19IN4OS/c1-12-8-15(13(2)24(12)18-6-4-16(20)5-7-18)10-21-23-19(25)9-17-11-26-14(3)22-17/h4-8,10-11H,9H2,1-3H3,(H,23,25). The molecule has 0 radical (unpaired) electrons. The Labute approximate surface area is 170 Å². The fourth-order valence-electron chi connectivity index (χ4n) is 2.77. The molecule has 5 nitrogen and oxygen atoms in total. The van der Waals surface area contributed by atoms with E-state index in [0.717, 1.165) is 33.3 Å². The lowest BCUT2D eigenvalue weighted by atomic mass is 10.2. The number of benzene rings is 1. The average Bonchev–Trinajstić information content (AvgIpc) is 3.12. The second-order valence-corrected chi connectivity index (χ2v) is 8.27. The first-order valence-corrected chi connectivity index (χ1v) is 10.1. The molecule has 3 rings (SSSR count). The van der Waals surface area contributed by atoms with Crippen LogP contribution in [0.3, 0.4) is 0 Å². The van der Waals surface area contributed by atoms with Crippen LogP contribution < -0.4 is 5.43 Å². The summed E-state index contributed by atoms with van der Waals surface area (Å²) in [5.41, 5.74) is 7.64. The molecule has 1 amide bonds. The third kappa shape index (κ3) is 4.39. The third-order valence-corrected chi connectivity index (χ3v) is 5.50. The largest absolute Gasteiger partial charge is 0.318 e. The summed E-state index contributed by atoms with van der Waals surface area (Å²) in [6, 6.07) is 10.4. The highest BCUT2D eigenvalue weighted by molar-refractivity contribution is 14.1. The second-order valence-electron chi connectivity index (χ2n) is 5.97. The zero-order chi connectivity index (χ0) is 18.7. The van der Waals surface area contributed by atoms with Gasteiger partial charge in [-0.15, -0.1) is 11.3 Å². The number of aryl methyl sites for hydroxylation is 2. The predicted octanol–water partition coefficient (Wildman–Crippen LogP) is 4.16. The number of hydrogen-bond donors (Lipinski definition) is 1. The van der Waals surface area contributed by atoms with Gasteiger partial charge in [0, 0.05) is 31.6 Å². The zero-order valence-corrected chi connectivity index (χ0v) is 17.8. The molecule has 0 saturated heterocycles. The number of thiazole rings is 1. The molecule has 0 aliphatic carbocycles. The van der Waals surface area contributed by atoms with E-state index in [1.807, 2.05) is 19.2 Å². The van der Waals surface area contributed by atoms with Crippen molar-refractivity contribution in [3.05, 3.63) is 66.9 Å². The van der Waals surface area contributed by atoms with E-state index in [1.54, 1.807) is 6.21 Å². The number of halogens is 1. The topological polar surface area (TPSA) is 59.3 Å². The van der Waals surface area contributed by atoms with Gasteiger partial charge in [-0.3, -0.25) is 4.79 Å². The van der Waals surface area contributed by atoms with Crippen molar-refractivity contribution in [1.29, 1.82) is 0 Å². The molecule has 0 saturated carbocycles. The molecule has 0 aliphatic rings. The van der Waals surface area contributed by atoms with Crippen molar-refractivity contribution < 1.29 is 4.79 Å². The fraction of sp³-hybridized carbons (Fsp3) is 0.211. The summed E-state index contributed by atoms with van der Waals surface area (Å²) in [7, 11) is 0. The van der Waals surface area contributed by atoms with Crippen molar-refractivity contribution in [3.8, 4) is 5.69 Å². The first-order valence-electron chi connectivity index (χ1n) is 8.12. The first-order chi connectivity index (χ1) is 12.4. The van der Waals surface area contributed by atoms with Crippen LogP contribution in [-0.4, -0.2) is 21.7 Å². The third-order valence-electron chi connectivity index (χ3n) is 3.96. The minimum Gasteiger partial charge on any atom is -0.318 e. The van der Waals surface area contributed by atoms with Crippen molar-refractivity contribution in [2.45, 2.75) is 27.2 Å². The summed E-state index contributed by atoms with van der Waals surface area (Å²) in [5.74, 6) is -0.169. The Kier molecular flexibility index (Phi) is 5.87. The minimum atomic E-state index is -0.169. The van der Waals surface area contributed by atoms with Gasteiger partial charge in [0.25, 0.3) is 0 Å². The van der Waals surface area contributed by atoms with Crippen LogP contribution in [0.15, 0.2) is 40.8 Å². The van der Waals surface area contributed by atoms with Crippen molar-refractivity contribution in [3.63, 3.8) is 0 Å². The van der Waals surface area contributed by atoms with Crippen LogP contribution in [0.2, 0.25) is 0 Å². The van der Waals surface area contributed by atoms with Crippen LogP contribution in [0.4, 0.5) is 0 Å². The molecular weight excluding hydrogens is 459 g/mol. The van der Waals surface area contributed by atoms with E-state index in [2.05, 4.69) is 79.9 Å². The Morgan fingerprint density at radius 2 is 2.04 bits per heavy atom. The molecule has 3 aromatic rings. The highest BCUT2D eigenvalue weighted by atomic mass is 127. The van der Waals surface area contributed by atoms with Crippen LogP contribution in [-0.2, 0) is 11.2 Å². The lowest BCUT2D eigenvalue weighted by Crippen LogP contribution is -2.20. The Morgan fingerprint density at radius 3 is 2.69 bits per heavy atom. The molecule has 1 aromatic carbocycles. The maximum atomic E-state index is 12.0. The Morgan fingerprint density at radius 1 is 1.31 bits per heavy atom. The average molecular weight is 478 g/mol. The predicted molar refractivity (Wildman–Crippen MR) is 114 cm³/mol. The van der Waals surface area contributed by atoms with Gasteiger partial charge >= 0.3 is 0 Å². The lowest BCUT2D eigenvalue weighted by molar-refractivity contribution is -0.120. The smallest absolute Gasteiger partial charge is 0.246 e. The van der Waals surface area contributed by atoms with Gasteiger partial charge in [0.05, 0.1) is 23.3 Å². The maximum Gasteiger partial charge on any atom is 0.246 e. The van der Waals surface area contributed by atoms with Gasteiger partial charge in [-0.05, 0) is 73.7 Å². The maximum absolute atomic E-state index is 12.0. The first kappa shape index (κ1) is 18.8. The molecule has 0 fully saturated rings. The number of rotatable bonds is 5.